The number of piperazine rings is 1. The lowest BCUT2D eigenvalue weighted by Crippen LogP contribution is -2.53. The molecule has 1 saturated heterocycles. The van der Waals surface area contributed by atoms with E-state index in [1.807, 2.05) is 18.2 Å². The molecule has 1 fully saturated rings. The zero-order valence-electron chi connectivity index (χ0n) is 16.1. The monoisotopic (exact) mass is 511 g/mol. The van der Waals surface area contributed by atoms with Gasteiger partial charge in [-0.1, -0.05) is 6.07 Å². The van der Waals surface area contributed by atoms with Gasteiger partial charge in [-0.3, -0.25) is 4.99 Å². The molecule has 8 nitrogen and oxygen atoms in total. The molecule has 2 rings (SSSR count). The van der Waals surface area contributed by atoms with Crippen LogP contribution >= 0.6 is 24.0 Å². The third-order valence-electron chi connectivity index (χ3n) is 4.32. The molecular formula is C17H30IN5O3S. The smallest absolute Gasteiger partial charge is 0.211 e. The summed E-state index contributed by atoms with van der Waals surface area (Å²) in [6.45, 7) is 5.93. The fourth-order valence-electron chi connectivity index (χ4n) is 2.80. The molecule has 0 unspecified atom stereocenters. The summed E-state index contributed by atoms with van der Waals surface area (Å²) in [7, 11) is 0.264. The van der Waals surface area contributed by atoms with Crippen LogP contribution in [0.5, 0.6) is 5.75 Å². The van der Waals surface area contributed by atoms with E-state index in [0.717, 1.165) is 43.6 Å². The van der Waals surface area contributed by atoms with Crippen molar-refractivity contribution in [3.63, 3.8) is 0 Å². The van der Waals surface area contributed by atoms with Crippen molar-refractivity contribution >= 4 is 45.6 Å². The Labute approximate surface area is 179 Å². The number of nitrogens with zero attached hydrogens (tertiary/aromatic N) is 3. The van der Waals surface area contributed by atoms with Crippen molar-refractivity contribution in [3.05, 3.63) is 24.3 Å². The molecule has 0 bridgehead atoms. The van der Waals surface area contributed by atoms with Crippen molar-refractivity contribution in [2.45, 2.75) is 6.92 Å². The van der Waals surface area contributed by atoms with Gasteiger partial charge in [-0.2, -0.15) is 0 Å². The summed E-state index contributed by atoms with van der Waals surface area (Å²) < 4.78 is 30.7. The van der Waals surface area contributed by atoms with Gasteiger partial charge in [0.05, 0.1) is 12.9 Å². The van der Waals surface area contributed by atoms with Crippen molar-refractivity contribution in [3.8, 4) is 5.75 Å². The predicted molar refractivity (Wildman–Crippen MR) is 121 cm³/mol. The lowest BCUT2D eigenvalue weighted by molar-refractivity contribution is 0.372. The molecule has 27 heavy (non-hydrogen) atoms. The Hall–Kier alpha value is -1.27. The third-order valence-corrected chi connectivity index (χ3v) is 5.72. The Morgan fingerprint density at radius 3 is 2.52 bits per heavy atom. The number of anilines is 1. The van der Waals surface area contributed by atoms with Crippen LogP contribution in [0.1, 0.15) is 6.92 Å². The number of halogens is 1. The number of rotatable bonds is 7. The predicted octanol–water partition coefficient (Wildman–Crippen LogP) is 0.950. The first kappa shape index (κ1) is 23.8. The second kappa shape index (κ2) is 11.5. The maximum Gasteiger partial charge on any atom is 0.211 e. The minimum Gasteiger partial charge on any atom is -0.497 e. The van der Waals surface area contributed by atoms with E-state index in [-0.39, 0.29) is 29.7 Å². The van der Waals surface area contributed by atoms with Gasteiger partial charge in [-0.15, -0.1) is 24.0 Å². The van der Waals surface area contributed by atoms with E-state index in [1.165, 1.54) is 0 Å². The summed E-state index contributed by atoms with van der Waals surface area (Å²) in [5.74, 6) is 1.75. The summed E-state index contributed by atoms with van der Waals surface area (Å²) in [6, 6.07) is 8.07. The molecule has 10 heteroatoms. The molecule has 2 N–H and O–H groups in total. The van der Waals surface area contributed by atoms with E-state index in [0.29, 0.717) is 13.1 Å². The van der Waals surface area contributed by atoms with Crippen LogP contribution in [0.4, 0.5) is 5.69 Å². The van der Waals surface area contributed by atoms with Crippen molar-refractivity contribution in [1.29, 1.82) is 0 Å². The standard InChI is InChI=1S/C17H29N5O3S.HI/c1-4-26(23,24)20-9-8-19-17(18-2)22-12-10-21(11-13-22)15-6-5-7-16(14-15)25-3;/h5-7,14,20H,4,8-13H2,1-3H3,(H,18,19);1H. The molecule has 0 spiro atoms. The molecule has 0 atom stereocenters. The molecule has 0 aromatic heterocycles. The maximum absolute atomic E-state index is 11.4. The highest BCUT2D eigenvalue weighted by Gasteiger charge is 2.20. The molecule has 0 aliphatic carbocycles. The number of aliphatic imine (C=N–C) groups is 1. The summed E-state index contributed by atoms with van der Waals surface area (Å²) in [5.41, 5.74) is 1.15. The molecule has 1 aliphatic heterocycles. The average molecular weight is 511 g/mol. The van der Waals surface area contributed by atoms with E-state index >= 15 is 0 Å². The second-order valence-electron chi connectivity index (χ2n) is 5.95. The topological polar surface area (TPSA) is 86.3 Å². The third kappa shape index (κ3) is 7.34. The summed E-state index contributed by atoms with van der Waals surface area (Å²) in [4.78, 5) is 8.81. The van der Waals surface area contributed by atoms with Crippen LogP contribution < -0.4 is 19.7 Å². The quantitative estimate of drug-likeness (QED) is 0.246. The highest BCUT2D eigenvalue weighted by molar-refractivity contribution is 14.0. The fraction of sp³-hybridized carbons (Fsp3) is 0.588. The molecule has 154 valence electrons. The fourth-order valence-corrected chi connectivity index (χ4v) is 3.42. The Kier molecular flexibility index (Phi) is 10.2. The number of guanidine groups is 1. The van der Waals surface area contributed by atoms with E-state index in [2.05, 4.69) is 30.9 Å². The van der Waals surface area contributed by atoms with Gasteiger partial charge in [0.2, 0.25) is 10.0 Å². The molecule has 0 amide bonds. The molecule has 0 radical (unpaired) electrons. The Balaban J connectivity index is 0.00000364. The minimum atomic E-state index is -3.15. The first-order chi connectivity index (χ1) is 12.5. The molecule has 1 aliphatic rings. The van der Waals surface area contributed by atoms with Crippen molar-refractivity contribution < 1.29 is 13.2 Å². The van der Waals surface area contributed by atoms with Crippen LogP contribution in [0.25, 0.3) is 0 Å². The second-order valence-corrected chi connectivity index (χ2v) is 8.04. The van der Waals surface area contributed by atoms with E-state index < -0.39 is 10.0 Å². The number of nitrogens with one attached hydrogen (secondary N) is 2. The van der Waals surface area contributed by atoms with Crippen LogP contribution in [0.2, 0.25) is 0 Å². The minimum absolute atomic E-state index is 0. The normalized spacial score (nSPS) is 15.3. The number of ether oxygens (including phenoxy) is 1. The number of sulfonamides is 1. The SMILES string of the molecule is CCS(=O)(=O)NCCNC(=NC)N1CCN(c2cccc(OC)c2)CC1.I. The largest absolute Gasteiger partial charge is 0.497 e. The number of benzene rings is 1. The van der Waals surface area contributed by atoms with Crippen LogP contribution in [0, 0.1) is 0 Å². The Bertz CT molecular complexity index is 706. The van der Waals surface area contributed by atoms with Crippen LogP contribution in [0.3, 0.4) is 0 Å². The van der Waals surface area contributed by atoms with Gasteiger partial charge in [0.15, 0.2) is 5.96 Å². The summed E-state index contributed by atoms with van der Waals surface area (Å²) in [5, 5.41) is 3.22. The summed E-state index contributed by atoms with van der Waals surface area (Å²) >= 11 is 0. The van der Waals surface area contributed by atoms with Crippen molar-refractivity contribution in [1.82, 2.24) is 14.9 Å². The van der Waals surface area contributed by atoms with Crippen molar-refractivity contribution in [2.24, 2.45) is 4.99 Å². The zero-order chi connectivity index (χ0) is 19.0. The molecule has 1 aromatic rings. The van der Waals surface area contributed by atoms with E-state index in [1.54, 1.807) is 21.1 Å². The van der Waals surface area contributed by atoms with Gasteiger partial charge in [0.1, 0.15) is 5.75 Å². The lowest BCUT2D eigenvalue weighted by atomic mass is 10.2. The molecular weight excluding hydrogens is 481 g/mol. The van der Waals surface area contributed by atoms with Gasteiger partial charge >= 0.3 is 0 Å². The molecule has 1 heterocycles. The average Bonchev–Trinajstić information content (AvgIpc) is 2.68. The lowest BCUT2D eigenvalue weighted by Gasteiger charge is -2.37. The van der Waals surface area contributed by atoms with Crippen molar-refractivity contribution in [2.75, 3.05) is 64.1 Å². The first-order valence-electron chi connectivity index (χ1n) is 8.81. The first-order valence-corrected chi connectivity index (χ1v) is 10.5. The highest BCUT2D eigenvalue weighted by Crippen LogP contribution is 2.22. The molecule has 0 saturated carbocycles. The highest BCUT2D eigenvalue weighted by atomic mass is 127. The number of hydrogen-bond acceptors (Lipinski definition) is 5. The van der Waals surface area contributed by atoms with Gasteiger partial charge in [-0.05, 0) is 19.1 Å². The Morgan fingerprint density at radius 1 is 1.22 bits per heavy atom. The van der Waals surface area contributed by atoms with Crippen LogP contribution in [-0.4, -0.2) is 78.5 Å². The van der Waals surface area contributed by atoms with E-state index in [4.69, 9.17) is 4.74 Å². The van der Waals surface area contributed by atoms with E-state index in [9.17, 15) is 8.42 Å². The number of methoxy groups -OCH3 is 1. The maximum atomic E-state index is 11.4. The van der Waals surface area contributed by atoms with Gasteiger partial charge in [-0.25, -0.2) is 13.1 Å². The summed E-state index contributed by atoms with van der Waals surface area (Å²) in [6.07, 6.45) is 0. The zero-order valence-corrected chi connectivity index (χ0v) is 19.3. The van der Waals surface area contributed by atoms with Gasteiger partial charge in [0, 0.05) is 58.1 Å². The van der Waals surface area contributed by atoms with Crippen LogP contribution in [-0.2, 0) is 10.0 Å². The number of hydrogen-bond donors (Lipinski definition) is 2. The molecule has 1 aromatic carbocycles. The van der Waals surface area contributed by atoms with Crippen LogP contribution in [0.15, 0.2) is 29.3 Å². The Morgan fingerprint density at radius 2 is 1.93 bits per heavy atom. The van der Waals surface area contributed by atoms with Gasteiger partial charge in [0.25, 0.3) is 0 Å². The van der Waals surface area contributed by atoms with Gasteiger partial charge < -0.3 is 19.9 Å².